The molecule has 0 atom stereocenters. The first-order valence-corrected chi connectivity index (χ1v) is 5.35. The minimum Gasteiger partial charge on any atom is -0.478 e. The van der Waals surface area contributed by atoms with Gasteiger partial charge < -0.3 is 15.5 Å². The number of nitrogens with one attached hydrogen (secondary N) is 1. The Morgan fingerprint density at radius 3 is 2.63 bits per heavy atom. The number of aliphatic imine (C=N–C) groups is 1. The van der Waals surface area contributed by atoms with Crippen LogP contribution in [0.5, 0.6) is 0 Å². The lowest BCUT2D eigenvalue weighted by Gasteiger charge is -2.10. The molecule has 1 aliphatic heterocycles. The molecule has 2 rings (SSSR count). The molecule has 6 nitrogen and oxygen atoms in total. The number of carboxylic acids is 2. The smallest absolute Gasteiger partial charge is 0.338 e. The van der Waals surface area contributed by atoms with Gasteiger partial charge in [-0.2, -0.15) is 0 Å². The van der Waals surface area contributed by atoms with Crippen LogP contribution in [0.1, 0.15) is 5.56 Å². The van der Waals surface area contributed by atoms with Gasteiger partial charge in [0.25, 0.3) is 0 Å². The molecular formula is C13H10N2O4. The molecule has 0 aromatic heterocycles. The van der Waals surface area contributed by atoms with Gasteiger partial charge >= 0.3 is 11.9 Å². The van der Waals surface area contributed by atoms with E-state index < -0.39 is 11.9 Å². The highest BCUT2D eigenvalue weighted by atomic mass is 16.4. The van der Waals surface area contributed by atoms with E-state index in [0.29, 0.717) is 11.8 Å². The Labute approximate surface area is 108 Å². The van der Waals surface area contributed by atoms with E-state index >= 15 is 0 Å². The van der Waals surface area contributed by atoms with Gasteiger partial charge in [-0.05, 0) is 6.07 Å². The number of aliphatic carboxylic acids is 2. The number of fused-ring (bicyclic) bond motifs is 1. The van der Waals surface area contributed by atoms with Crippen LogP contribution in [0.15, 0.2) is 52.8 Å². The topological polar surface area (TPSA) is 99.0 Å². The van der Waals surface area contributed by atoms with Crippen molar-refractivity contribution in [3.63, 3.8) is 0 Å². The molecule has 1 aromatic rings. The van der Waals surface area contributed by atoms with Gasteiger partial charge in [0, 0.05) is 23.5 Å². The summed E-state index contributed by atoms with van der Waals surface area (Å²) in [4.78, 5) is 25.7. The lowest BCUT2D eigenvalue weighted by molar-refractivity contribution is -0.134. The summed E-state index contributed by atoms with van der Waals surface area (Å²) in [6.45, 7) is 0. The maximum Gasteiger partial charge on any atom is 0.338 e. The van der Waals surface area contributed by atoms with E-state index in [1.54, 1.807) is 18.3 Å². The molecule has 0 aliphatic carbocycles. The van der Waals surface area contributed by atoms with Crippen LogP contribution in [0, 0.1) is 0 Å². The van der Waals surface area contributed by atoms with E-state index in [9.17, 15) is 9.59 Å². The summed E-state index contributed by atoms with van der Waals surface area (Å²) in [6.07, 6.45) is 3.48. The molecule has 0 bridgehead atoms. The highest BCUT2D eigenvalue weighted by Gasteiger charge is 2.17. The van der Waals surface area contributed by atoms with Crippen molar-refractivity contribution in [2.75, 3.05) is 5.32 Å². The zero-order valence-electron chi connectivity index (χ0n) is 9.70. The molecule has 0 radical (unpaired) electrons. The average molecular weight is 258 g/mol. The molecule has 0 saturated carbocycles. The maximum atomic E-state index is 11.1. The van der Waals surface area contributed by atoms with E-state index in [2.05, 4.69) is 10.3 Å². The largest absolute Gasteiger partial charge is 0.478 e. The normalized spacial score (nSPS) is 13.9. The van der Waals surface area contributed by atoms with Gasteiger partial charge in [0.15, 0.2) is 0 Å². The second-order valence-corrected chi connectivity index (χ2v) is 3.73. The van der Waals surface area contributed by atoms with Crippen molar-refractivity contribution in [3.05, 3.63) is 53.4 Å². The lowest BCUT2D eigenvalue weighted by Crippen LogP contribution is -2.12. The van der Waals surface area contributed by atoms with Crippen LogP contribution < -0.4 is 5.32 Å². The standard InChI is InChI=1S/C13H10N2O4/c16-12(17)5-9(13(18)19)11-7-14-6-8-3-1-2-4-10(8)15-11/h1-7,15H,(H,16,17)(H,18,19)/b9-5-. The van der Waals surface area contributed by atoms with Gasteiger partial charge in [0.05, 0.1) is 17.5 Å². The Hall–Kier alpha value is -2.89. The molecule has 0 saturated heterocycles. The van der Waals surface area contributed by atoms with E-state index in [0.717, 1.165) is 5.56 Å². The maximum absolute atomic E-state index is 11.1. The molecule has 0 unspecified atom stereocenters. The van der Waals surface area contributed by atoms with Crippen LogP contribution in [0.4, 0.5) is 5.69 Å². The van der Waals surface area contributed by atoms with E-state index in [4.69, 9.17) is 10.2 Å². The summed E-state index contributed by atoms with van der Waals surface area (Å²) in [5.74, 6) is -2.67. The van der Waals surface area contributed by atoms with Gasteiger partial charge in [0.2, 0.25) is 0 Å². The molecule has 1 aromatic carbocycles. The summed E-state index contributed by atoms with van der Waals surface area (Å²) in [7, 11) is 0. The molecule has 3 N–H and O–H groups in total. The van der Waals surface area contributed by atoms with Crippen molar-refractivity contribution in [1.82, 2.24) is 0 Å². The number of para-hydroxylation sites is 1. The number of carbonyl (C=O) groups is 2. The van der Waals surface area contributed by atoms with Gasteiger partial charge in [-0.1, -0.05) is 18.2 Å². The number of carboxylic acid groups (broad SMARTS) is 2. The van der Waals surface area contributed by atoms with Gasteiger partial charge in [-0.3, -0.25) is 4.99 Å². The third-order valence-corrected chi connectivity index (χ3v) is 2.44. The molecule has 0 fully saturated rings. The molecule has 6 heteroatoms. The molecule has 1 aliphatic rings. The predicted octanol–water partition coefficient (Wildman–Crippen LogP) is 1.47. The summed E-state index contributed by atoms with van der Waals surface area (Å²) in [5, 5.41) is 20.6. The first kappa shape index (κ1) is 12.6. The molecule has 19 heavy (non-hydrogen) atoms. The van der Waals surface area contributed by atoms with Crippen molar-refractivity contribution in [3.8, 4) is 0 Å². The number of anilines is 1. The molecule has 1 heterocycles. The Balaban J connectivity index is 2.42. The molecule has 0 spiro atoms. The van der Waals surface area contributed by atoms with E-state index in [1.165, 1.54) is 6.20 Å². The number of nitrogens with zero attached hydrogens (tertiary/aromatic N) is 1. The average Bonchev–Trinajstić information content (AvgIpc) is 2.57. The van der Waals surface area contributed by atoms with Crippen LogP contribution in [-0.4, -0.2) is 28.4 Å². The highest BCUT2D eigenvalue weighted by Crippen LogP contribution is 2.21. The SMILES string of the molecule is O=C(O)/C=C(\C(=O)O)C1=CN=Cc2ccccc2N1. The number of rotatable bonds is 3. The van der Waals surface area contributed by atoms with Gasteiger partial charge in [-0.25, -0.2) is 9.59 Å². The lowest BCUT2D eigenvalue weighted by atomic mass is 10.1. The monoisotopic (exact) mass is 258 g/mol. The predicted molar refractivity (Wildman–Crippen MR) is 69.1 cm³/mol. The van der Waals surface area contributed by atoms with E-state index in [1.807, 2.05) is 12.1 Å². The van der Waals surface area contributed by atoms with Crippen LogP contribution in [0.3, 0.4) is 0 Å². The second kappa shape index (κ2) is 5.18. The third-order valence-electron chi connectivity index (χ3n) is 2.44. The van der Waals surface area contributed by atoms with Crippen molar-refractivity contribution in [2.45, 2.75) is 0 Å². The summed E-state index contributed by atoms with van der Waals surface area (Å²) in [6, 6.07) is 7.16. The van der Waals surface area contributed by atoms with Crippen molar-refractivity contribution < 1.29 is 19.8 Å². The summed E-state index contributed by atoms with van der Waals surface area (Å²) in [5.41, 5.74) is 1.21. The minimum absolute atomic E-state index is 0.121. The molecule has 0 amide bonds. The Bertz CT molecular complexity index is 629. The molecular weight excluding hydrogens is 248 g/mol. The van der Waals surface area contributed by atoms with Crippen LogP contribution in [0.25, 0.3) is 0 Å². The Morgan fingerprint density at radius 1 is 1.21 bits per heavy atom. The van der Waals surface area contributed by atoms with Gasteiger partial charge in [0.1, 0.15) is 0 Å². The van der Waals surface area contributed by atoms with Crippen LogP contribution in [-0.2, 0) is 9.59 Å². The Morgan fingerprint density at radius 2 is 1.95 bits per heavy atom. The number of benzene rings is 1. The van der Waals surface area contributed by atoms with E-state index in [-0.39, 0.29) is 11.3 Å². The van der Waals surface area contributed by atoms with Gasteiger partial charge in [-0.15, -0.1) is 0 Å². The quantitative estimate of drug-likeness (QED) is 0.713. The summed E-state index contributed by atoms with van der Waals surface area (Å²) >= 11 is 0. The third kappa shape index (κ3) is 2.86. The zero-order valence-corrected chi connectivity index (χ0v) is 9.70. The van der Waals surface area contributed by atoms with Crippen molar-refractivity contribution in [2.24, 2.45) is 4.99 Å². The molecule has 96 valence electrons. The fraction of sp³-hybridized carbons (Fsp3) is 0. The second-order valence-electron chi connectivity index (χ2n) is 3.73. The first-order valence-electron chi connectivity index (χ1n) is 5.35. The fourth-order valence-electron chi connectivity index (χ4n) is 1.61. The van der Waals surface area contributed by atoms with Crippen molar-refractivity contribution >= 4 is 23.8 Å². The van der Waals surface area contributed by atoms with Crippen LogP contribution in [0.2, 0.25) is 0 Å². The first-order chi connectivity index (χ1) is 9.08. The minimum atomic E-state index is -1.34. The summed E-state index contributed by atoms with van der Waals surface area (Å²) < 4.78 is 0. The van der Waals surface area contributed by atoms with Crippen molar-refractivity contribution in [1.29, 1.82) is 0 Å². The zero-order chi connectivity index (χ0) is 13.8. The number of hydrogen-bond donors (Lipinski definition) is 3. The highest BCUT2D eigenvalue weighted by molar-refractivity contribution is 6.00. The number of hydrogen-bond acceptors (Lipinski definition) is 4. The van der Waals surface area contributed by atoms with Crippen LogP contribution >= 0.6 is 0 Å². The Kier molecular flexibility index (Phi) is 3.42. The fourth-order valence-corrected chi connectivity index (χ4v) is 1.61.